The van der Waals surface area contributed by atoms with E-state index in [2.05, 4.69) is 16.9 Å². The minimum absolute atomic E-state index is 0.0498. The van der Waals surface area contributed by atoms with Gasteiger partial charge < -0.3 is 9.64 Å². The lowest BCUT2D eigenvalue weighted by Crippen LogP contribution is -2.32. The predicted octanol–water partition coefficient (Wildman–Crippen LogP) is 2.82. The van der Waals surface area contributed by atoms with Crippen molar-refractivity contribution in [3.8, 4) is 5.88 Å². The zero-order valence-electron chi connectivity index (χ0n) is 10.8. The molecular weight excluding hydrogens is 257 g/mol. The average Bonchev–Trinajstić information content (AvgIpc) is 2.37. The monoisotopic (exact) mass is 274 g/mol. The number of hydrogen-bond acceptors (Lipinski definition) is 3. The third kappa shape index (κ3) is 4.09. The first-order chi connectivity index (χ1) is 8.95. The van der Waals surface area contributed by atoms with Crippen LogP contribution in [-0.2, 0) is 6.18 Å². The Kier molecular flexibility index (Phi) is 4.29. The first-order valence-corrected chi connectivity index (χ1v) is 6.31. The second kappa shape index (κ2) is 5.77. The number of nitrogens with zero attached hydrogens (tertiary/aromatic N) is 2. The lowest BCUT2D eigenvalue weighted by atomic mass is 9.98. The van der Waals surface area contributed by atoms with Crippen LogP contribution >= 0.6 is 0 Å². The van der Waals surface area contributed by atoms with E-state index in [0.29, 0.717) is 12.5 Å². The molecule has 2 heterocycles. The topological polar surface area (TPSA) is 25.4 Å². The van der Waals surface area contributed by atoms with Crippen molar-refractivity contribution in [3.05, 3.63) is 23.9 Å². The molecule has 2 rings (SSSR count). The van der Waals surface area contributed by atoms with Crippen molar-refractivity contribution in [2.45, 2.75) is 19.0 Å². The highest BCUT2D eigenvalue weighted by Gasteiger charge is 2.32. The molecule has 1 aliphatic rings. The number of alkyl halides is 3. The summed E-state index contributed by atoms with van der Waals surface area (Å²) in [5, 5.41) is 0. The Bertz CT molecular complexity index is 415. The Morgan fingerprint density at radius 1 is 1.32 bits per heavy atom. The molecule has 0 N–H and O–H groups in total. The van der Waals surface area contributed by atoms with Gasteiger partial charge in [0, 0.05) is 6.07 Å². The molecule has 0 radical (unpaired) electrons. The maximum absolute atomic E-state index is 12.5. The van der Waals surface area contributed by atoms with Gasteiger partial charge in [-0.3, -0.25) is 0 Å². The van der Waals surface area contributed by atoms with Gasteiger partial charge >= 0.3 is 6.18 Å². The van der Waals surface area contributed by atoms with Gasteiger partial charge in [-0.15, -0.1) is 0 Å². The van der Waals surface area contributed by atoms with Crippen LogP contribution in [0, 0.1) is 5.92 Å². The predicted molar refractivity (Wildman–Crippen MR) is 65.0 cm³/mol. The zero-order valence-corrected chi connectivity index (χ0v) is 10.8. The highest BCUT2D eigenvalue weighted by Crippen LogP contribution is 2.28. The number of ether oxygens (including phenoxy) is 1. The van der Waals surface area contributed by atoms with E-state index >= 15 is 0 Å². The van der Waals surface area contributed by atoms with Gasteiger partial charge in [0.05, 0.1) is 6.61 Å². The summed E-state index contributed by atoms with van der Waals surface area (Å²) in [5.41, 5.74) is -0.909. The van der Waals surface area contributed by atoms with Gasteiger partial charge in [0.1, 0.15) is 5.69 Å². The smallest absolute Gasteiger partial charge is 0.433 e. The fraction of sp³-hybridized carbons (Fsp3) is 0.615. The van der Waals surface area contributed by atoms with Gasteiger partial charge in [-0.25, -0.2) is 4.98 Å². The molecule has 1 aromatic rings. The van der Waals surface area contributed by atoms with Crippen LogP contribution < -0.4 is 4.74 Å². The molecule has 1 aromatic heterocycles. The molecule has 1 aliphatic heterocycles. The van der Waals surface area contributed by atoms with E-state index in [0.717, 1.165) is 32.0 Å². The largest absolute Gasteiger partial charge is 0.477 e. The maximum Gasteiger partial charge on any atom is 0.433 e. The molecule has 0 aromatic carbocycles. The van der Waals surface area contributed by atoms with Crippen molar-refractivity contribution in [2.75, 3.05) is 26.7 Å². The van der Waals surface area contributed by atoms with Crippen molar-refractivity contribution in [1.29, 1.82) is 0 Å². The van der Waals surface area contributed by atoms with Gasteiger partial charge in [0.15, 0.2) is 0 Å². The third-order valence-corrected chi connectivity index (χ3v) is 3.32. The molecule has 6 heteroatoms. The zero-order chi connectivity index (χ0) is 13.9. The fourth-order valence-electron chi connectivity index (χ4n) is 2.09. The lowest BCUT2D eigenvalue weighted by molar-refractivity contribution is -0.141. The van der Waals surface area contributed by atoms with Gasteiger partial charge in [-0.1, -0.05) is 6.07 Å². The van der Waals surface area contributed by atoms with E-state index in [1.54, 1.807) is 0 Å². The van der Waals surface area contributed by atoms with Crippen molar-refractivity contribution in [3.63, 3.8) is 0 Å². The second-order valence-corrected chi connectivity index (χ2v) is 4.92. The van der Waals surface area contributed by atoms with Gasteiger partial charge in [-0.2, -0.15) is 13.2 Å². The molecule has 1 saturated heterocycles. The van der Waals surface area contributed by atoms with Gasteiger partial charge in [0.25, 0.3) is 0 Å². The molecule has 1 fully saturated rings. The van der Waals surface area contributed by atoms with E-state index < -0.39 is 11.9 Å². The fourth-order valence-corrected chi connectivity index (χ4v) is 2.09. The summed E-state index contributed by atoms with van der Waals surface area (Å²) in [6.45, 7) is 2.44. The molecule has 0 saturated carbocycles. The Morgan fingerprint density at radius 2 is 2.00 bits per heavy atom. The van der Waals surface area contributed by atoms with Gasteiger partial charge in [-0.05, 0) is 45.0 Å². The van der Waals surface area contributed by atoms with Crippen molar-refractivity contribution in [1.82, 2.24) is 9.88 Å². The van der Waals surface area contributed by atoms with E-state index in [1.165, 1.54) is 12.1 Å². The van der Waals surface area contributed by atoms with Crippen molar-refractivity contribution < 1.29 is 17.9 Å². The van der Waals surface area contributed by atoms with Crippen LogP contribution in [0.5, 0.6) is 5.88 Å². The summed E-state index contributed by atoms with van der Waals surface area (Å²) in [4.78, 5) is 5.72. The molecular formula is C13H17F3N2O. The van der Waals surface area contributed by atoms with Crippen LogP contribution in [0.3, 0.4) is 0 Å². The molecule has 19 heavy (non-hydrogen) atoms. The summed E-state index contributed by atoms with van der Waals surface area (Å²) in [5.74, 6) is 0.446. The third-order valence-electron chi connectivity index (χ3n) is 3.32. The Labute approximate surface area is 110 Å². The van der Waals surface area contributed by atoms with Crippen LogP contribution in [0.25, 0.3) is 0 Å². The first kappa shape index (κ1) is 14.1. The van der Waals surface area contributed by atoms with Crippen LogP contribution in [0.4, 0.5) is 13.2 Å². The van der Waals surface area contributed by atoms with Crippen molar-refractivity contribution in [2.24, 2.45) is 5.92 Å². The molecule has 0 unspecified atom stereocenters. The first-order valence-electron chi connectivity index (χ1n) is 6.31. The molecule has 0 bridgehead atoms. The van der Waals surface area contributed by atoms with Crippen LogP contribution in [0.1, 0.15) is 18.5 Å². The Morgan fingerprint density at radius 3 is 2.63 bits per heavy atom. The SMILES string of the molecule is CN1CCC(COc2cccc(C(F)(F)F)n2)CC1. The number of halogens is 3. The van der Waals surface area contributed by atoms with Crippen LogP contribution in [-0.4, -0.2) is 36.6 Å². The quantitative estimate of drug-likeness (QED) is 0.847. The molecule has 106 valence electrons. The van der Waals surface area contributed by atoms with E-state index in [1.807, 2.05) is 0 Å². The molecule has 3 nitrogen and oxygen atoms in total. The molecule has 0 spiro atoms. The maximum atomic E-state index is 12.5. The number of aromatic nitrogens is 1. The number of pyridine rings is 1. The Hall–Kier alpha value is -1.30. The van der Waals surface area contributed by atoms with Crippen molar-refractivity contribution >= 4 is 0 Å². The van der Waals surface area contributed by atoms with E-state index in [4.69, 9.17) is 4.74 Å². The number of rotatable bonds is 3. The average molecular weight is 274 g/mol. The number of likely N-dealkylation sites (tertiary alicyclic amines) is 1. The van der Waals surface area contributed by atoms with E-state index in [-0.39, 0.29) is 5.88 Å². The number of hydrogen-bond donors (Lipinski definition) is 0. The normalized spacial score (nSPS) is 18.5. The minimum Gasteiger partial charge on any atom is -0.477 e. The van der Waals surface area contributed by atoms with Crippen LogP contribution in [0.15, 0.2) is 18.2 Å². The highest BCUT2D eigenvalue weighted by atomic mass is 19.4. The Balaban J connectivity index is 1.89. The van der Waals surface area contributed by atoms with E-state index in [9.17, 15) is 13.2 Å². The summed E-state index contributed by atoms with van der Waals surface area (Å²) in [7, 11) is 2.06. The lowest BCUT2D eigenvalue weighted by Gasteiger charge is -2.28. The summed E-state index contributed by atoms with van der Waals surface area (Å²) >= 11 is 0. The summed E-state index contributed by atoms with van der Waals surface area (Å²) in [6, 6.07) is 3.73. The molecule has 0 atom stereocenters. The van der Waals surface area contributed by atoms with Crippen LogP contribution in [0.2, 0.25) is 0 Å². The molecule has 0 aliphatic carbocycles. The second-order valence-electron chi connectivity index (χ2n) is 4.92. The molecule has 0 amide bonds. The highest BCUT2D eigenvalue weighted by molar-refractivity contribution is 5.17. The summed E-state index contributed by atoms with van der Waals surface area (Å²) in [6.07, 6.45) is -2.40. The van der Waals surface area contributed by atoms with Gasteiger partial charge in [0.2, 0.25) is 5.88 Å². The standard InChI is InChI=1S/C13H17F3N2O/c1-18-7-5-10(6-8-18)9-19-12-4-2-3-11(17-12)13(14,15)16/h2-4,10H,5-9H2,1H3. The number of piperidine rings is 1. The summed E-state index contributed by atoms with van der Waals surface area (Å²) < 4.78 is 42.8. The minimum atomic E-state index is -4.42.